The van der Waals surface area contributed by atoms with E-state index in [0.717, 1.165) is 38.5 Å². The summed E-state index contributed by atoms with van der Waals surface area (Å²) in [7, 11) is 0. The van der Waals surface area contributed by atoms with Crippen molar-refractivity contribution in [2.75, 3.05) is 24.5 Å². The van der Waals surface area contributed by atoms with Gasteiger partial charge in [0.15, 0.2) is 5.13 Å². The van der Waals surface area contributed by atoms with Crippen LogP contribution in [0.15, 0.2) is 0 Å². The van der Waals surface area contributed by atoms with Crippen LogP contribution < -0.4 is 10.2 Å². The Bertz CT molecular complexity index is 362. The van der Waals surface area contributed by atoms with Gasteiger partial charge in [-0.15, -0.1) is 11.3 Å². The molecule has 1 heterocycles. The fourth-order valence-corrected chi connectivity index (χ4v) is 3.20. The summed E-state index contributed by atoms with van der Waals surface area (Å²) in [5.74, 6) is 0.728. The number of aryl methyl sites for hydroxylation is 1. The number of nitrogens with one attached hydrogen (secondary N) is 1. The Morgan fingerprint density at radius 1 is 1.26 bits per heavy atom. The molecular formula is C15H29N3S. The second-order valence-corrected chi connectivity index (χ2v) is 6.11. The monoisotopic (exact) mass is 283 g/mol. The van der Waals surface area contributed by atoms with Gasteiger partial charge >= 0.3 is 0 Å². The van der Waals surface area contributed by atoms with Crippen molar-refractivity contribution in [3.05, 3.63) is 10.6 Å². The largest absolute Gasteiger partial charge is 0.348 e. The maximum absolute atomic E-state index is 4.84. The predicted molar refractivity (Wildman–Crippen MR) is 86.2 cm³/mol. The third kappa shape index (κ3) is 4.77. The third-order valence-corrected chi connectivity index (χ3v) is 4.68. The van der Waals surface area contributed by atoms with E-state index < -0.39 is 0 Å². The van der Waals surface area contributed by atoms with Gasteiger partial charge in [0.05, 0.1) is 5.69 Å². The van der Waals surface area contributed by atoms with E-state index in [-0.39, 0.29) is 0 Å². The molecule has 3 nitrogen and oxygen atoms in total. The van der Waals surface area contributed by atoms with Crippen LogP contribution in [0.4, 0.5) is 5.13 Å². The zero-order chi connectivity index (χ0) is 14.3. The van der Waals surface area contributed by atoms with Crippen LogP contribution in [-0.2, 0) is 13.0 Å². The molecule has 110 valence electrons. The molecule has 1 aromatic heterocycles. The minimum absolute atomic E-state index is 0.728. The molecule has 0 fully saturated rings. The summed E-state index contributed by atoms with van der Waals surface area (Å²) in [6.45, 7) is 15.3. The van der Waals surface area contributed by atoms with Crippen molar-refractivity contribution in [1.29, 1.82) is 0 Å². The molecule has 1 N–H and O–H groups in total. The zero-order valence-corrected chi connectivity index (χ0v) is 13.9. The number of thiazole rings is 1. The van der Waals surface area contributed by atoms with E-state index in [1.54, 1.807) is 0 Å². The van der Waals surface area contributed by atoms with Crippen LogP contribution >= 0.6 is 11.3 Å². The first kappa shape index (κ1) is 16.4. The fraction of sp³-hybridized carbons (Fsp3) is 0.800. The Labute approximate surface area is 122 Å². The Hall–Kier alpha value is -0.610. The van der Waals surface area contributed by atoms with E-state index in [9.17, 15) is 0 Å². The van der Waals surface area contributed by atoms with Gasteiger partial charge in [-0.3, -0.25) is 0 Å². The van der Waals surface area contributed by atoms with E-state index in [1.807, 2.05) is 11.3 Å². The summed E-state index contributed by atoms with van der Waals surface area (Å²) >= 11 is 1.86. The fourth-order valence-electron chi connectivity index (χ4n) is 2.01. The molecule has 1 unspecified atom stereocenters. The maximum atomic E-state index is 4.84. The van der Waals surface area contributed by atoms with E-state index in [4.69, 9.17) is 4.98 Å². The lowest BCUT2D eigenvalue weighted by molar-refractivity contribution is 0.547. The van der Waals surface area contributed by atoms with Crippen molar-refractivity contribution in [2.45, 2.75) is 54.0 Å². The molecule has 1 atom stereocenters. The lowest BCUT2D eigenvalue weighted by atomic mass is 10.1. The first-order valence-corrected chi connectivity index (χ1v) is 8.41. The standard InChI is InChI=1S/C15H29N3S/c1-6-12(5)11-18(9-4)15-17-13(7-2)14(19-15)10-16-8-3/h12,16H,6-11H2,1-5H3. The van der Waals surface area contributed by atoms with Crippen molar-refractivity contribution in [3.8, 4) is 0 Å². The van der Waals surface area contributed by atoms with Crippen LogP contribution in [0, 0.1) is 5.92 Å². The van der Waals surface area contributed by atoms with Crippen molar-refractivity contribution >= 4 is 16.5 Å². The van der Waals surface area contributed by atoms with Gasteiger partial charge in [-0.1, -0.05) is 34.1 Å². The highest BCUT2D eigenvalue weighted by Crippen LogP contribution is 2.27. The number of hydrogen-bond donors (Lipinski definition) is 1. The molecule has 1 rings (SSSR count). The smallest absolute Gasteiger partial charge is 0.185 e. The van der Waals surface area contributed by atoms with Crippen LogP contribution in [0.5, 0.6) is 0 Å². The van der Waals surface area contributed by atoms with Gasteiger partial charge in [0.1, 0.15) is 0 Å². The molecule has 0 saturated heterocycles. The van der Waals surface area contributed by atoms with Gasteiger partial charge in [0.25, 0.3) is 0 Å². The molecule has 0 aliphatic rings. The molecule has 0 saturated carbocycles. The summed E-state index contributed by atoms with van der Waals surface area (Å²) in [6, 6.07) is 0. The van der Waals surface area contributed by atoms with E-state index in [1.165, 1.54) is 22.1 Å². The van der Waals surface area contributed by atoms with Gasteiger partial charge in [-0.05, 0) is 25.8 Å². The number of nitrogens with zero attached hydrogens (tertiary/aromatic N) is 2. The molecule has 0 aromatic carbocycles. The lowest BCUT2D eigenvalue weighted by Gasteiger charge is -2.23. The Morgan fingerprint density at radius 2 is 2.00 bits per heavy atom. The van der Waals surface area contributed by atoms with Crippen LogP contribution in [0.3, 0.4) is 0 Å². The minimum atomic E-state index is 0.728. The summed E-state index contributed by atoms with van der Waals surface area (Å²) in [6.07, 6.45) is 2.25. The summed E-state index contributed by atoms with van der Waals surface area (Å²) in [5.41, 5.74) is 1.27. The van der Waals surface area contributed by atoms with Crippen molar-refractivity contribution in [2.24, 2.45) is 5.92 Å². The van der Waals surface area contributed by atoms with Crippen LogP contribution in [0.2, 0.25) is 0 Å². The molecular weight excluding hydrogens is 254 g/mol. The van der Waals surface area contributed by atoms with E-state index >= 15 is 0 Å². The predicted octanol–water partition coefficient (Wildman–Crippen LogP) is 3.69. The highest BCUT2D eigenvalue weighted by molar-refractivity contribution is 7.15. The quantitative estimate of drug-likeness (QED) is 0.749. The van der Waals surface area contributed by atoms with Crippen molar-refractivity contribution in [1.82, 2.24) is 10.3 Å². The molecule has 0 amide bonds. The van der Waals surface area contributed by atoms with Gasteiger partial charge in [-0.2, -0.15) is 0 Å². The van der Waals surface area contributed by atoms with Crippen LogP contribution in [0.25, 0.3) is 0 Å². The summed E-state index contributed by atoms with van der Waals surface area (Å²) < 4.78 is 0. The SMILES string of the molecule is CCNCc1sc(N(CC)CC(C)CC)nc1CC. The van der Waals surface area contributed by atoms with Gasteiger partial charge < -0.3 is 10.2 Å². The summed E-state index contributed by atoms with van der Waals surface area (Å²) in [4.78, 5) is 8.67. The molecule has 0 aliphatic heterocycles. The lowest BCUT2D eigenvalue weighted by Crippen LogP contribution is -2.27. The average molecular weight is 283 g/mol. The van der Waals surface area contributed by atoms with Crippen molar-refractivity contribution < 1.29 is 0 Å². The number of aromatic nitrogens is 1. The van der Waals surface area contributed by atoms with E-state index in [2.05, 4.69) is 44.8 Å². The molecule has 1 aromatic rings. The first-order valence-electron chi connectivity index (χ1n) is 7.60. The number of rotatable bonds is 9. The highest BCUT2D eigenvalue weighted by Gasteiger charge is 2.15. The van der Waals surface area contributed by atoms with Gasteiger partial charge in [0.2, 0.25) is 0 Å². The Kier molecular flexibility index (Phi) is 7.39. The zero-order valence-electron chi connectivity index (χ0n) is 13.1. The normalized spacial score (nSPS) is 12.7. The van der Waals surface area contributed by atoms with Gasteiger partial charge in [-0.25, -0.2) is 4.98 Å². The molecule has 19 heavy (non-hydrogen) atoms. The van der Waals surface area contributed by atoms with Crippen LogP contribution in [-0.4, -0.2) is 24.6 Å². The molecule has 0 spiro atoms. The second-order valence-electron chi connectivity index (χ2n) is 5.05. The average Bonchev–Trinajstić information content (AvgIpc) is 2.85. The molecule has 0 aliphatic carbocycles. The Balaban J connectivity index is 2.82. The molecule has 4 heteroatoms. The highest BCUT2D eigenvalue weighted by atomic mass is 32.1. The molecule has 0 bridgehead atoms. The minimum Gasteiger partial charge on any atom is -0.348 e. The number of hydrogen-bond acceptors (Lipinski definition) is 4. The first-order chi connectivity index (χ1) is 9.15. The molecule has 0 radical (unpaired) electrons. The van der Waals surface area contributed by atoms with Crippen LogP contribution in [0.1, 0.15) is 51.6 Å². The van der Waals surface area contributed by atoms with Gasteiger partial charge in [0, 0.05) is 24.5 Å². The second kappa shape index (κ2) is 8.54. The Morgan fingerprint density at radius 3 is 2.53 bits per heavy atom. The third-order valence-electron chi connectivity index (χ3n) is 3.52. The summed E-state index contributed by atoms with van der Waals surface area (Å²) in [5, 5.41) is 4.61. The topological polar surface area (TPSA) is 28.2 Å². The van der Waals surface area contributed by atoms with E-state index in [0.29, 0.717) is 0 Å². The van der Waals surface area contributed by atoms with Crippen molar-refractivity contribution in [3.63, 3.8) is 0 Å². The number of anilines is 1. The maximum Gasteiger partial charge on any atom is 0.185 e.